The Kier molecular flexibility index (Phi) is 20.5. The molecule has 0 aliphatic rings. The van der Waals surface area contributed by atoms with Crippen molar-refractivity contribution < 1.29 is 24.5 Å². The minimum absolute atomic E-state index is 0.104. The fourth-order valence-electron chi connectivity index (χ4n) is 3.88. The number of ether oxygens (including phenoxy) is 2. The summed E-state index contributed by atoms with van der Waals surface area (Å²) in [6, 6.07) is 0. The molecule has 0 spiro atoms. The Morgan fingerprint density at radius 3 is 1.57 bits per heavy atom. The zero-order valence-corrected chi connectivity index (χ0v) is 20.4. The van der Waals surface area contributed by atoms with E-state index in [-0.39, 0.29) is 13.2 Å². The van der Waals surface area contributed by atoms with Crippen molar-refractivity contribution in [2.24, 2.45) is 0 Å². The van der Waals surface area contributed by atoms with Crippen LogP contribution in [-0.4, -0.2) is 60.3 Å². The number of rotatable bonds is 23. The quantitative estimate of drug-likeness (QED) is 0.127. The summed E-state index contributed by atoms with van der Waals surface area (Å²) in [6.07, 6.45) is 15.1. The summed E-state index contributed by atoms with van der Waals surface area (Å²) in [5, 5.41) is 21.8. The van der Waals surface area contributed by atoms with Crippen LogP contribution in [0.3, 0.4) is 0 Å². The first-order valence-electron chi connectivity index (χ1n) is 12.6. The van der Waals surface area contributed by atoms with Crippen LogP contribution in [0.25, 0.3) is 0 Å². The van der Waals surface area contributed by atoms with E-state index in [1.54, 1.807) is 0 Å². The maximum Gasteiger partial charge on any atom is 0.279 e. The van der Waals surface area contributed by atoms with Crippen LogP contribution in [0.15, 0.2) is 0 Å². The van der Waals surface area contributed by atoms with Crippen molar-refractivity contribution in [2.45, 2.75) is 123 Å². The molecule has 1 unspecified atom stereocenters. The number of hydrogen-bond acceptors (Lipinski definition) is 6. The Labute approximate surface area is 186 Å². The van der Waals surface area contributed by atoms with E-state index in [1.807, 2.05) is 20.8 Å². The average Bonchev–Trinajstić information content (AvgIpc) is 2.74. The molecule has 6 nitrogen and oxygen atoms in total. The van der Waals surface area contributed by atoms with Crippen LogP contribution in [0.1, 0.15) is 111 Å². The third-order valence-electron chi connectivity index (χ3n) is 5.39. The van der Waals surface area contributed by atoms with Crippen LogP contribution < -0.4 is 0 Å². The van der Waals surface area contributed by atoms with Gasteiger partial charge in [0.1, 0.15) is 6.10 Å². The van der Waals surface area contributed by atoms with E-state index < -0.39 is 12.0 Å². The van der Waals surface area contributed by atoms with Crippen LogP contribution in [0, 0.1) is 0 Å². The lowest BCUT2D eigenvalue weighted by molar-refractivity contribution is -0.433. The molecule has 0 aromatic carbocycles. The molecule has 1 atom stereocenters. The summed E-state index contributed by atoms with van der Waals surface area (Å²) < 4.78 is 11.7. The van der Waals surface area contributed by atoms with Crippen LogP contribution in [0.5, 0.6) is 0 Å². The van der Waals surface area contributed by atoms with E-state index in [2.05, 4.69) is 6.92 Å². The van der Waals surface area contributed by atoms with Crippen LogP contribution in [0.4, 0.5) is 0 Å². The zero-order valence-electron chi connectivity index (χ0n) is 20.4. The molecular formula is C24H51NO5. The Hall–Kier alpha value is -0.240. The molecule has 0 amide bonds. The van der Waals surface area contributed by atoms with Crippen molar-refractivity contribution in [3.63, 3.8) is 0 Å². The van der Waals surface area contributed by atoms with Gasteiger partial charge in [-0.25, -0.2) is 0 Å². The molecule has 0 fully saturated rings. The molecule has 0 saturated carbocycles. The van der Waals surface area contributed by atoms with Gasteiger partial charge in [0.05, 0.1) is 19.8 Å². The molecule has 0 heterocycles. The smallest absolute Gasteiger partial charge is 0.279 e. The SMILES string of the molecule is CCCCCCCCCCCCCCC(O)C(OCC)(OCC)N(CCO)OCC. The number of hydrogen-bond donors (Lipinski definition) is 2. The van der Waals surface area contributed by atoms with Crippen molar-refractivity contribution in [3.05, 3.63) is 0 Å². The first-order valence-corrected chi connectivity index (χ1v) is 12.6. The largest absolute Gasteiger partial charge is 0.395 e. The Balaban J connectivity index is 4.28. The first kappa shape index (κ1) is 29.8. The van der Waals surface area contributed by atoms with Gasteiger partial charge in [-0.3, -0.25) is 4.84 Å². The van der Waals surface area contributed by atoms with Gasteiger partial charge >= 0.3 is 0 Å². The summed E-state index contributed by atoms with van der Waals surface area (Å²) >= 11 is 0. The highest BCUT2D eigenvalue weighted by Gasteiger charge is 2.46. The molecular weight excluding hydrogens is 382 g/mol. The average molecular weight is 434 g/mol. The summed E-state index contributed by atoms with van der Waals surface area (Å²) in [6.45, 7) is 9.14. The highest BCUT2D eigenvalue weighted by Crippen LogP contribution is 2.28. The van der Waals surface area contributed by atoms with E-state index in [0.29, 0.717) is 26.2 Å². The first-order chi connectivity index (χ1) is 14.6. The van der Waals surface area contributed by atoms with Gasteiger partial charge in [-0.2, -0.15) is 0 Å². The van der Waals surface area contributed by atoms with E-state index in [9.17, 15) is 10.2 Å². The molecule has 0 bridgehead atoms. The molecule has 30 heavy (non-hydrogen) atoms. The van der Waals surface area contributed by atoms with Gasteiger partial charge in [0, 0.05) is 13.2 Å². The lowest BCUT2D eigenvalue weighted by Gasteiger charge is -2.43. The topological polar surface area (TPSA) is 71.4 Å². The second-order valence-electron chi connectivity index (χ2n) is 7.93. The lowest BCUT2D eigenvalue weighted by atomic mass is 10.0. The Morgan fingerprint density at radius 2 is 1.17 bits per heavy atom. The number of unbranched alkanes of at least 4 members (excludes halogenated alkanes) is 11. The minimum Gasteiger partial charge on any atom is -0.395 e. The molecule has 0 saturated heterocycles. The maximum atomic E-state index is 11.0. The van der Waals surface area contributed by atoms with Gasteiger partial charge in [0.25, 0.3) is 5.91 Å². The van der Waals surface area contributed by atoms with Gasteiger partial charge in [-0.15, -0.1) is 5.06 Å². The highest BCUT2D eigenvalue weighted by molar-refractivity contribution is 4.77. The second kappa shape index (κ2) is 20.7. The fraction of sp³-hybridized carbons (Fsp3) is 1.00. The number of nitrogens with zero attached hydrogens (tertiary/aromatic N) is 1. The normalized spacial score (nSPS) is 13.3. The van der Waals surface area contributed by atoms with E-state index in [0.717, 1.165) is 12.8 Å². The predicted octanol–water partition coefficient (Wildman–Crippen LogP) is 5.41. The van der Waals surface area contributed by atoms with Gasteiger partial charge < -0.3 is 19.7 Å². The van der Waals surface area contributed by atoms with Gasteiger partial charge in [-0.05, 0) is 27.2 Å². The standard InChI is InChI=1S/C24H51NO5/c1-5-9-10-11-12-13-14-15-16-17-18-19-20-23(27)24(28-6-2,29-7-3)25(21-22-26)30-8-4/h23,26-27H,5-22H2,1-4H3. The maximum absolute atomic E-state index is 11.0. The Bertz CT molecular complexity index is 344. The van der Waals surface area contributed by atoms with E-state index >= 15 is 0 Å². The third-order valence-corrected chi connectivity index (χ3v) is 5.39. The monoisotopic (exact) mass is 433 g/mol. The predicted molar refractivity (Wildman–Crippen MR) is 123 cm³/mol. The summed E-state index contributed by atoms with van der Waals surface area (Å²) in [4.78, 5) is 5.65. The number of aliphatic hydroxyl groups excluding tert-OH is 2. The molecule has 6 heteroatoms. The summed E-state index contributed by atoms with van der Waals surface area (Å²) in [7, 11) is 0. The van der Waals surface area contributed by atoms with Crippen LogP contribution in [-0.2, 0) is 14.3 Å². The summed E-state index contributed by atoms with van der Waals surface area (Å²) in [5.41, 5.74) is 0. The molecule has 182 valence electrons. The molecule has 2 N–H and O–H groups in total. The van der Waals surface area contributed by atoms with Crippen molar-refractivity contribution in [3.8, 4) is 0 Å². The molecule has 0 aliphatic carbocycles. The zero-order chi connectivity index (χ0) is 22.5. The second-order valence-corrected chi connectivity index (χ2v) is 7.93. The van der Waals surface area contributed by atoms with Crippen molar-refractivity contribution >= 4 is 0 Å². The highest BCUT2D eigenvalue weighted by atomic mass is 16.8. The molecule has 0 aromatic heterocycles. The third kappa shape index (κ3) is 12.6. The number of aliphatic hydroxyl groups is 2. The summed E-state index contributed by atoms with van der Waals surface area (Å²) in [5.74, 6) is -1.37. The molecule has 0 radical (unpaired) electrons. The van der Waals surface area contributed by atoms with Gasteiger partial charge in [-0.1, -0.05) is 84.0 Å². The Morgan fingerprint density at radius 1 is 0.700 bits per heavy atom. The molecule has 0 rings (SSSR count). The van der Waals surface area contributed by atoms with Gasteiger partial charge in [0.2, 0.25) is 0 Å². The van der Waals surface area contributed by atoms with E-state index in [4.69, 9.17) is 14.3 Å². The van der Waals surface area contributed by atoms with Crippen molar-refractivity contribution in [1.82, 2.24) is 5.06 Å². The molecule has 0 aromatic rings. The van der Waals surface area contributed by atoms with Crippen LogP contribution >= 0.6 is 0 Å². The fourth-order valence-corrected chi connectivity index (χ4v) is 3.88. The van der Waals surface area contributed by atoms with E-state index in [1.165, 1.54) is 69.3 Å². The lowest BCUT2D eigenvalue weighted by Crippen LogP contribution is -2.61. The van der Waals surface area contributed by atoms with Crippen LogP contribution in [0.2, 0.25) is 0 Å². The van der Waals surface area contributed by atoms with Crippen molar-refractivity contribution in [1.29, 1.82) is 0 Å². The van der Waals surface area contributed by atoms with Gasteiger partial charge in [0.15, 0.2) is 0 Å². The minimum atomic E-state index is -1.37. The number of hydroxylamine groups is 2. The molecule has 0 aliphatic heterocycles. The van der Waals surface area contributed by atoms with Crippen molar-refractivity contribution in [2.75, 3.05) is 33.0 Å².